The first-order valence-corrected chi connectivity index (χ1v) is 9.35. The lowest BCUT2D eigenvalue weighted by Crippen LogP contribution is -2.44. The molecule has 1 aromatic carbocycles. The van der Waals surface area contributed by atoms with Crippen molar-refractivity contribution < 1.29 is 9.53 Å². The summed E-state index contributed by atoms with van der Waals surface area (Å²) in [6, 6.07) is 6.69. The number of carbonyl (C=O) groups excluding carboxylic acids is 1. The summed E-state index contributed by atoms with van der Waals surface area (Å²) in [5, 5.41) is 3.19. The van der Waals surface area contributed by atoms with E-state index in [4.69, 9.17) is 4.74 Å². The van der Waals surface area contributed by atoms with Crippen LogP contribution < -0.4 is 10.1 Å². The standard InChI is InChI=1S/C20H29NO2/c1-2-19(20(22)21-17-10-4-3-5-11-17)23-18-13-12-15-8-6-7-9-16(15)14-18/h12-14,17,19H,2-11H2,1H3,(H,21,22)/t19-/m0/s1. The fourth-order valence-corrected chi connectivity index (χ4v) is 3.81. The minimum absolute atomic E-state index is 0.0529. The number of fused-ring (bicyclic) bond motifs is 1. The number of benzene rings is 1. The summed E-state index contributed by atoms with van der Waals surface area (Å²) < 4.78 is 6.02. The highest BCUT2D eigenvalue weighted by atomic mass is 16.5. The molecule has 0 unspecified atom stereocenters. The van der Waals surface area contributed by atoms with E-state index >= 15 is 0 Å². The van der Waals surface area contributed by atoms with Crippen molar-refractivity contribution in [2.75, 3.05) is 0 Å². The average molecular weight is 315 g/mol. The maximum absolute atomic E-state index is 12.5. The molecule has 3 nitrogen and oxygen atoms in total. The van der Waals surface area contributed by atoms with Gasteiger partial charge in [-0.05, 0) is 68.2 Å². The number of carbonyl (C=O) groups is 1. The van der Waals surface area contributed by atoms with Crippen LogP contribution in [0.25, 0.3) is 0 Å². The normalized spacial score (nSPS) is 19.7. The van der Waals surface area contributed by atoms with Crippen LogP contribution in [0.4, 0.5) is 0 Å². The molecular weight excluding hydrogens is 286 g/mol. The van der Waals surface area contributed by atoms with Crippen LogP contribution in [0, 0.1) is 0 Å². The molecule has 1 saturated carbocycles. The monoisotopic (exact) mass is 315 g/mol. The van der Waals surface area contributed by atoms with E-state index in [0.717, 1.165) is 25.0 Å². The van der Waals surface area contributed by atoms with Crippen molar-refractivity contribution in [2.24, 2.45) is 0 Å². The molecule has 3 heteroatoms. The lowest BCUT2D eigenvalue weighted by atomic mass is 9.92. The zero-order valence-corrected chi connectivity index (χ0v) is 14.3. The van der Waals surface area contributed by atoms with Crippen molar-refractivity contribution >= 4 is 5.91 Å². The maximum atomic E-state index is 12.5. The molecule has 126 valence electrons. The first-order chi connectivity index (χ1) is 11.3. The predicted octanol–water partition coefficient (Wildman–Crippen LogP) is 4.17. The summed E-state index contributed by atoms with van der Waals surface area (Å²) in [6.07, 6.45) is 11.2. The lowest BCUT2D eigenvalue weighted by Gasteiger charge is -2.26. The van der Waals surface area contributed by atoms with Crippen molar-refractivity contribution in [2.45, 2.75) is 83.3 Å². The van der Waals surface area contributed by atoms with Gasteiger partial charge in [-0.3, -0.25) is 4.79 Å². The van der Waals surface area contributed by atoms with Gasteiger partial charge < -0.3 is 10.1 Å². The van der Waals surface area contributed by atoms with Crippen LogP contribution in [0.5, 0.6) is 5.75 Å². The molecule has 1 amide bonds. The van der Waals surface area contributed by atoms with Gasteiger partial charge in [0.25, 0.3) is 5.91 Å². The quantitative estimate of drug-likeness (QED) is 0.885. The van der Waals surface area contributed by atoms with Crippen LogP contribution in [0.1, 0.15) is 69.4 Å². The Hall–Kier alpha value is -1.51. The summed E-state index contributed by atoms with van der Waals surface area (Å²) in [6.45, 7) is 2.02. The first-order valence-electron chi connectivity index (χ1n) is 9.35. The molecule has 0 aliphatic heterocycles. The Morgan fingerprint density at radius 2 is 1.87 bits per heavy atom. The van der Waals surface area contributed by atoms with Gasteiger partial charge in [0.2, 0.25) is 0 Å². The maximum Gasteiger partial charge on any atom is 0.261 e. The topological polar surface area (TPSA) is 38.3 Å². The van der Waals surface area contributed by atoms with E-state index in [2.05, 4.69) is 17.4 Å². The Morgan fingerprint density at radius 1 is 1.13 bits per heavy atom. The van der Waals surface area contributed by atoms with Crippen molar-refractivity contribution in [1.29, 1.82) is 0 Å². The number of rotatable bonds is 5. The van der Waals surface area contributed by atoms with Gasteiger partial charge >= 0.3 is 0 Å². The fourth-order valence-electron chi connectivity index (χ4n) is 3.81. The molecule has 3 rings (SSSR count). The highest BCUT2D eigenvalue weighted by Crippen LogP contribution is 2.26. The highest BCUT2D eigenvalue weighted by Gasteiger charge is 2.23. The molecule has 1 N–H and O–H groups in total. The van der Waals surface area contributed by atoms with Gasteiger partial charge in [0.1, 0.15) is 5.75 Å². The number of hydrogen-bond donors (Lipinski definition) is 1. The highest BCUT2D eigenvalue weighted by molar-refractivity contribution is 5.81. The van der Waals surface area contributed by atoms with Gasteiger partial charge in [0.15, 0.2) is 6.10 Å². The minimum atomic E-state index is -0.376. The van der Waals surface area contributed by atoms with Gasteiger partial charge in [0.05, 0.1) is 0 Å². The zero-order chi connectivity index (χ0) is 16.1. The molecule has 0 spiro atoms. The van der Waals surface area contributed by atoms with Crippen LogP contribution in [-0.4, -0.2) is 18.1 Å². The Balaban J connectivity index is 1.60. The van der Waals surface area contributed by atoms with Gasteiger partial charge in [-0.15, -0.1) is 0 Å². The molecule has 23 heavy (non-hydrogen) atoms. The van der Waals surface area contributed by atoms with Gasteiger partial charge in [-0.2, -0.15) is 0 Å². The Bertz CT molecular complexity index is 534. The number of nitrogens with one attached hydrogen (secondary N) is 1. The second-order valence-corrected chi connectivity index (χ2v) is 7.00. The number of amides is 1. The van der Waals surface area contributed by atoms with E-state index in [9.17, 15) is 4.79 Å². The van der Waals surface area contributed by atoms with Gasteiger partial charge in [0, 0.05) is 6.04 Å². The van der Waals surface area contributed by atoms with E-state index in [1.54, 1.807) is 0 Å². The summed E-state index contributed by atoms with van der Waals surface area (Å²) in [5.74, 6) is 0.897. The van der Waals surface area contributed by atoms with E-state index < -0.39 is 0 Å². The molecular formula is C20H29NO2. The second kappa shape index (κ2) is 7.85. The predicted molar refractivity (Wildman–Crippen MR) is 92.8 cm³/mol. The molecule has 1 aromatic rings. The average Bonchev–Trinajstić information content (AvgIpc) is 2.60. The molecule has 0 bridgehead atoms. The van der Waals surface area contributed by atoms with E-state index in [1.165, 1.54) is 49.7 Å². The summed E-state index contributed by atoms with van der Waals surface area (Å²) >= 11 is 0. The van der Waals surface area contributed by atoms with Gasteiger partial charge in [-0.25, -0.2) is 0 Å². The molecule has 2 aliphatic rings. The second-order valence-electron chi connectivity index (χ2n) is 7.00. The number of aryl methyl sites for hydroxylation is 2. The van der Waals surface area contributed by atoms with Gasteiger partial charge in [-0.1, -0.05) is 32.3 Å². The summed E-state index contributed by atoms with van der Waals surface area (Å²) in [5.41, 5.74) is 2.85. The van der Waals surface area contributed by atoms with Crippen molar-refractivity contribution in [1.82, 2.24) is 5.32 Å². The molecule has 1 fully saturated rings. The number of ether oxygens (including phenoxy) is 1. The largest absolute Gasteiger partial charge is 0.481 e. The van der Waals surface area contributed by atoms with Crippen LogP contribution in [0.15, 0.2) is 18.2 Å². The third-order valence-corrected chi connectivity index (χ3v) is 5.21. The molecule has 1 atom stereocenters. The summed E-state index contributed by atoms with van der Waals surface area (Å²) in [4.78, 5) is 12.5. The van der Waals surface area contributed by atoms with Crippen LogP contribution in [0.2, 0.25) is 0 Å². The van der Waals surface area contributed by atoms with E-state index in [1.807, 2.05) is 13.0 Å². The smallest absolute Gasteiger partial charge is 0.261 e. The third kappa shape index (κ3) is 4.27. The van der Waals surface area contributed by atoms with Crippen molar-refractivity contribution in [3.63, 3.8) is 0 Å². The minimum Gasteiger partial charge on any atom is -0.481 e. The fraction of sp³-hybridized carbons (Fsp3) is 0.650. The Morgan fingerprint density at radius 3 is 2.61 bits per heavy atom. The van der Waals surface area contributed by atoms with Crippen LogP contribution in [-0.2, 0) is 17.6 Å². The Labute approximate surface area is 139 Å². The molecule has 0 heterocycles. The van der Waals surface area contributed by atoms with Crippen molar-refractivity contribution in [3.8, 4) is 5.75 Å². The SMILES string of the molecule is CC[C@H](Oc1ccc2c(c1)CCCC2)C(=O)NC1CCCCC1. The van der Waals surface area contributed by atoms with Crippen LogP contribution >= 0.6 is 0 Å². The molecule has 0 aromatic heterocycles. The zero-order valence-electron chi connectivity index (χ0n) is 14.3. The summed E-state index contributed by atoms with van der Waals surface area (Å²) in [7, 11) is 0. The lowest BCUT2D eigenvalue weighted by molar-refractivity contribution is -0.129. The first kappa shape index (κ1) is 16.4. The molecule has 0 radical (unpaired) electrons. The van der Waals surface area contributed by atoms with Crippen molar-refractivity contribution in [3.05, 3.63) is 29.3 Å². The van der Waals surface area contributed by atoms with E-state index in [0.29, 0.717) is 12.5 Å². The molecule has 0 saturated heterocycles. The molecule has 2 aliphatic carbocycles. The Kier molecular flexibility index (Phi) is 5.58. The van der Waals surface area contributed by atoms with Crippen LogP contribution in [0.3, 0.4) is 0 Å². The van der Waals surface area contributed by atoms with E-state index in [-0.39, 0.29) is 12.0 Å². The third-order valence-electron chi connectivity index (χ3n) is 5.21. The number of hydrogen-bond acceptors (Lipinski definition) is 2.